The zero-order valence-electron chi connectivity index (χ0n) is 7.27. The average molecular weight is 157 g/mol. The molecule has 66 valence electrons. The second-order valence-electron chi connectivity index (χ2n) is 2.30. The van der Waals surface area contributed by atoms with E-state index < -0.39 is 0 Å². The average Bonchev–Trinajstić information content (AvgIpc) is 2.03. The Morgan fingerprint density at radius 2 is 2.09 bits per heavy atom. The van der Waals surface area contributed by atoms with Crippen molar-refractivity contribution in [3.8, 4) is 0 Å². The summed E-state index contributed by atoms with van der Waals surface area (Å²) in [6, 6.07) is 0. The third-order valence-corrected chi connectivity index (χ3v) is 1.24. The highest BCUT2D eigenvalue weighted by atomic mass is 14.9. The zero-order valence-corrected chi connectivity index (χ0v) is 7.27. The highest BCUT2D eigenvalue weighted by molar-refractivity contribution is 4.77. The number of allylic oxidation sites excluding steroid dienone is 1. The molecule has 0 spiro atoms. The number of rotatable bonds is 7. The first-order valence-corrected chi connectivity index (χ1v) is 4.21. The minimum Gasteiger partial charge on any atom is -0.390 e. The Bertz CT molecular complexity index is 91.3. The maximum Gasteiger partial charge on any atom is 0.0266 e. The molecule has 0 amide bonds. The van der Waals surface area contributed by atoms with Gasteiger partial charge in [-0.15, -0.1) is 0 Å². The summed E-state index contributed by atoms with van der Waals surface area (Å²) in [5.41, 5.74) is 5.29. The summed E-state index contributed by atoms with van der Waals surface area (Å²) in [4.78, 5) is 0. The largest absolute Gasteiger partial charge is 0.390 e. The van der Waals surface area contributed by atoms with Gasteiger partial charge >= 0.3 is 0 Å². The molecule has 0 radical (unpaired) electrons. The molecule has 0 aromatic rings. The normalized spacial score (nSPS) is 10.7. The van der Waals surface area contributed by atoms with Crippen LogP contribution in [0.2, 0.25) is 0 Å². The summed E-state index contributed by atoms with van der Waals surface area (Å²) in [7, 11) is 0. The van der Waals surface area contributed by atoms with Crippen LogP contribution >= 0.6 is 0 Å². The molecule has 0 heterocycles. The maximum absolute atomic E-state index is 5.29. The summed E-state index contributed by atoms with van der Waals surface area (Å²) in [5, 5.41) is 6.35. The van der Waals surface area contributed by atoms with Gasteiger partial charge in [-0.05, 0) is 12.6 Å². The molecule has 4 N–H and O–H groups in total. The lowest BCUT2D eigenvalue weighted by Gasteiger charge is -2.01. The Balaban J connectivity index is 2.85. The number of hydrogen-bond donors (Lipinski definition) is 3. The molecule has 3 heteroatoms. The molecule has 0 aliphatic rings. The summed E-state index contributed by atoms with van der Waals surface area (Å²) in [6.45, 7) is 5.68. The molecule has 0 rings (SSSR count). The van der Waals surface area contributed by atoms with E-state index in [4.69, 9.17) is 5.73 Å². The van der Waals surface area contributed by atoms with E-state index in [1.54, 1.807) is 0 Å². The van der Waals surface area contributed by atoms with Crippen molar-refractivity contribution in [2.45, 2.75) is 13.3 Å². The van der Waals surface area contributed by atoms with Gasteiger partial charge in [0, 0.05) is 26.2 Å². The topological polar surface area (TPSA) is 50.1 Å². The molecule has 0 aliphatic heterocycles. The fourth-order valence-corrected chi connectivity index (χ4v) is 0.672. The van der Waals surface area contributed by atoms with Gasteiger partial charge in [-0.2, -0.15) is 0 Å². The highest BCUT2D eigenvalue weighted by Gasteiger charge is 1.81. The third-order valence-electron chi connectivity index (χ3n) is 1.24. The van der Waals surface area contributed by atoms with Gasteiger partial charge < -0.3 is 16.4 Å². The molecule has 0 aromatic carbocycles. The summed E-state index contributed by atoms with van der Waals surface area (Å²) in [6.07, 6.45) is 5.18. The van der Waals surface area contributed by atoms with E-state index in [1.165, 1.54) is 0 Å². The van der Waals surface area contributed by atoms with Gasteiger partial charge in [0.2, 0.25) is 0 Å². The van der Waals surface area contributed by atoms with Crippen LogP contribution in [-0.4, -0.2) is 26.2 Å². The van der Waals surface area contributed by atoms with Crippen molar-refractivity contribution >= 4 is 0 Å². The van der Waals surface area contributed by atoms with Crippen molar-refractivity contribution < 1.29 is 0 Å². The van der Waals surface area contributed by atoms with Gasteiger partial charge in [0.25, 0.3) is 0 Å². The second-order valence-corrected chi connectivity index (χ2v) is 2.30. The van der Waals surface area contributed by atoms with E-state index in [9.17, 15) is 0 Å². The molecule has 0 unspecified atom stereocenters. The summed E-state index contributed by atoms with van der Waals surface area (Å²) in [5.74, 6) is 0. The fourth-order valence-electron chi connectivity index (χ4n) is 0.672. The van der Waals surface area contributed by atoms with Gasteiger partial charge in [0.15, 0.2) is 0 Å². The van der Waals surface area contributed by atoms with E-state index in [-0.39, 0.29) is 0 Å². The Morgan fingerprint density at radius 1 is 1.27 bits per heavy atom. The molecule has 0 saturated carbocycles. The van der Waals surface area contributed by atoms with Crippen molar-refractivity contribution in [2.24, 2.45) is 5.73 Å². The van der Waals surface area contributed by atoms with E-state index in [1.807, 2.05) is 6.20 Å². The lowest BCUT2D eigenvalue weighted by molar-refractivity contribution is 0.665. The molecule has 0 atom stereocenters. The maximum atomic E-state index is 5.29. The van der Waals surface area contributed by atoms with Crippen LogP contribution < -0.4 is 16.4 Å². The van der Waals surface area contributed by atoms with Gasteiger partial charge in [0.1, 0.15) is 0 Å². The second kappa shape index (κ2) is 9.46. The predicted molar refractivity (Wildman–Crippen MR) is 49.4 cm³/mol. The molecule has 0 aromatic heterocycles. The van der Waals surface area contributed by atoms with Crippen LogP contribution in [0.3, 0.4) is 0 Å². The first-order valence-electron chi connectivity index (χ1n) is 4.21. The van der Waals surface area contributed by atoms with Crippen LogP contribution in [0.1, 0.15) is 13.3 Å². The van der Waals surface area contributed by atoms with Crippen LogP contribution in [0, 0.1) is 0 Å². The number of nitrogens with two attached hydrogens (primary N) is 1. The van der Waals surface area contributed by atoms with Gasteiger partial charge in [-0.3, -0.25) is 0 Å². The molecule has 0 fully saturated rings. The number of hydrogen-bond acceptors (Lipinski definition) is 3. The quantitative estimate of drug-likeness (QED) is 0.458. The minimum atomic E-state index is 0.713. The smallest absolute Gasteiger partial charge is 0.0266 e. The summed E-state index contributed by atoms with van der Waals surface area (Å²) < 4.78 is 0. The van der Waals surface area contributed by atoms with E-state index in [0.29, 0.717) is 6.54 Å². The van der Waals surface area contributed by atoms with Gasteiger partial charge in [-0.1, -0.05) is 13.0 Å². The van der Waals surface area contributed by atoms with Crippen molar-refractivity contribution in [2.75, 3.05) is 26.2 Å². The highest BCUT2D eigenvalue weighted by Crippen LogP contribution is 1.73. The lowest BCUT2D eigenvalue weighted by atomic mass is 10.5. The van der Waals surface area contributed by atoms with E-state index in [0.717, 1.165) is 26.1 Å². The SMILES string of the molecule is CCC=CNCCNCCN. The van der Waals surface area contributed by atoms with Crippen LogP contribution in [0.25, 0.3) is 0 Å². The van der Waals surface area contributed by atoms with Crippen molar-refractivity contribution in [1.82, 2.24) is 10.6 Å². The third kappa shape index (κ3) is 9.46. The Kier molecular flexibility index (Phi) is 9.00. The van der Waals surface area contributed by atoms with Crippen LogP contribution in [0.5, 0.6) is 0 Å². The molecular weight excluding hydrogens is 138 g/mol. The monoisotopic (exact) mass is 157 g/mol. The molecule has 0 bridgehead atoms. The van der Waals surface area contributed by atoms with E-state index in [2.05, 4.69) is 23.6 Å². The first-order chi connectivity index (χ1) is 5.41. The first kappa shape index (κ1) is 10.5. The van der Waals surface area contributed by atoms with Crippen molar-refractivity contribution in [3.05, 3.63) is 12.3 Å². The van der Waals surface area contributed by atoms with E-state index >= 15 is 0 Å². The zero-order chi connectivity index (χ0) is 8.36. The Labute approximate surface area is 69.0 Å². The molecule has 3 nitrogen and oxygen atoms in total. The number of nitrogens with one attached hydrogen (secondary N) is 2. The summed E-state index contributed by atoms with van der Waals surface area (Å²) >= 11 is 0. The molecule has 0 saturated heterocycles. The predicted octanol–water partition coefficient (Wildman–Crippen LogP) is 0.0480. The van der Waals surface area contributed by atoms with Crippen LogP contribution in [0.4, 0.5) is 0 Å². The van der Waals surface area contributed by atoms with Gasteiger partial charge in [-0.25, -0.2) is 0 Å². The van der Waals surface area contributed by atoms with Crippen molar-refractivity contribution in [3.63, 3.8) is 0 Å². The minimum absolute atomic E-state index is 0.713. The Hall–Kier alpha value is -0.540. The fraction of sp³-hybridized carbons (Fsp3) is 0.750. The van der Waals surface area contributed by atoms with Gasteiger partial charge in [0.05, 0.1) is 0 Å². The Morgan fingerprint density at radius 3 is 2.73 bits per heavy atom. The van der Waals surface area contributed by atoms with Crippen LogP contribution in [0.15, 0.2) is 12.3 Å². The molecule has 0 aliphatic carbocycles. The molecule has 11 heavy (non-hydrogen) atoms. The van der Waals surface area contributed by atoms with Crippen molar-refractivity contribution in [1.29, 1.82) is 0 Å². The van der Waals surface area contributed by atoms with Crippen LogP contribution in [-0.2, 0) is 0 Å². The molecular formula is C8H19N3. The standard InChI is InChI=1S/C8H19N3/c1-2-3-5-10-7-8-11-6-4-9/h3,5,10-11H,2,4,6-9H2,1H3. The lowest BCUT2D eigenvalue weighted by Crippen LogP contribution is -2.28.